The van der Waals surface area contributed by atoms with E-state index in [-0.39, 0.29) is 10.8 Å². The van der Waals surface area contributed by atoms with E-state index in [1.165, 1.54) is 29.5 Å². The van der Waals surface area contributed by atoms with Crippen molar-refractivity contribution in [2.24, 2.45) is 4.99 Å². The summed E-state index contributed by atoms with van der Waals surface area (Å²) in [6.45, 7) is 11.4. The van der Waals surface area contributed by atoms with Crippen LogP contribution in [0.25, 0.3) is 0 Å². The van der Waals surface area contributed by atoms with Gasteiger partial charge in [0.2, 0.25) is 0 Å². The fourth-order valence-electron chi connectivity index (χ4n) is 3.51. The van der Waals surface area contributed by atoms with Crippen molar-refractivity contribution in [2.75, 3.05) is 0 Å². The minimum atomic E-state index is 0.182. The highest BCUT2D eigenvalue weighted by molar-refractivity contribution is 6.69. The molecule has 0 saturated carbocycles. The van der Waals surface area contributed by atoms with Crippen molar-refractivity contribution in [1.29, 1.82) is 0 Å². The van der Waals surface area contributed by atoms with E-state index < -0.39 is 0 Å². The van der Waals surface area contributed by atoms with Crippen LogP contribution in [0.4, 0.5) is 5.69 Å². The monoisotopic (exact) mass is 339 g/mol. The molecule has 2 aromatic carbocycles. The van der Waals surface area contributed by atoms with Crippen LogP contribution in [0.5, 0.6) is 0 Å². The van der Waals surface area contributed by atoms with Gasteiger partial charge in [0.1, 0.15) is 5.17 Å². The van der Waals surface area contributed by atoms with E-state index in [1.54, 1.807) is 0 Å². The molecule has 2 heteroatoms. The fraction of sp³-hybridized carbons (Fsp3) is 0.409. The number of aryl methyl sites for hydroxylation is 1. The van der Waals surface area contributed by atoms with Crippen LogP contribution in [0, 0.1) is 6.92 Å². The molecule has 0 fully saturated rings. The molecule has 0 bridgehead atoms. The van der Waals surface area contributed by atoms with Crippen molar-refractivity contribution in [3.05, 3.63) is 64.7 Å². The van der Waals surface area contributed by atoms with Crippen LogP contribution < -0.4 is 0 Å². The molecule has 1 aliphatic rings. The Morgan fingerprint density at radius 2 is 1.46 bits per heavy atom. The molecule has 1 aliphatic carbocycles. The second-order valence-electron chi connectivity index (χ2n) is 8.27. The molecule has 24 heavy (non-hydrogen) atoms. The van der Waals surface area contributed by atoms with E-state index in [4.69, 9.17) is 11.6 Å². The maximum absolute atomic E-state index is 6.54. The first-order chi connectivity index (χ1) is 11.2. The Labute approximate surface area is 150 Å². The van der Waals surface area contributed by atoms with Crippen LogP contribution in [-0.2, 0) is 10.8 Å². The molecule has 2 aromatic rings. The van der Waals surface area contributed by atoms with Crippen molar-refractivity contribution >= 4 is 22.5 Å². The molecule has 0 heterocycles. The summed E-state index contributed by atoms with van der Waals surface area (Å²) in [6.07, 6.45) is 2.42. The van der Waals surface area contributed by atoms with Crippen molar-refractivity contribution < 1.29 is 0 Å². The fourth-order valence-corrected chi connectivity index (χ4v) is 3.73. The molecule has 0 spiro atoms. The maximum Gasteiger partial charge on any atom is 0.136 e. The van der Waals surface area contributed by atoms with Gasteiger partial charge in [-0.15, -0.1) is 0 Å². The average Bonchev–Trinajstić information content (AvgIpc) is 2.54. The molecule has 1 nitrogen and oxygen atoms in total. The molecular formula is C22H26ClN. The summed E-state index contributed by atoms with van der Waals surface area (Å²) in [5.41, 5.74) is 6.38. The number of halogens is 1. The predicted molar refractivity (Wildman–Crippen MR) is 105 cm³/mol. The van der Waals surface area contributed by atoms with E-state index in [2.05, 4.69) is 69.9 Å². The first kappa shape index (κ1) is 17.2. The molecule has 0 unspecified atom stereocenters. The number of nitrogens with zero attached hydrogens (tertiary/aromatic N) is 1. The first-order valence-corrected chi connectivity index (χ1v) is 9.03. The summed E-state index contributed by atoms with van der Waals surface area (Å²) >= 11 is 6.54. The van der Waals surface area contributed by atoms with Gasteiger partial charge in [0, 0.05) is 5.56 Å². The molecule has 0 amide bonds. The summed E-state index contributed by atoms with van der Waals surface area (Å²) in [5, 5.41) is 0.556. The highest BCUT2D eigenvalue weighted by Gasteiger charge is 2.37. The lowest BCUT2D eigenvalue weighted by atomic mass is 9.63. The largest absolute Gasteiger partial charge is 0.236 e. The van der Waals surface area contributed by atoms with Crippen LogP contribution in [0.3, 0.4) is 0 Å². The molecule has 0 saturated heterocycles. The predicted octanol–water partition coefficient (Wildman–Crippen LogP) is 6.66. The van der Waals surface area contributed by atoms with Crippen LogP contribution >= 0.6 is 11.6 Å². The second kappa shape index (κ2) is 6.04. The Kier molecular flexibility index (Phi) is 4.34. The van der Waals surface area contributed by atoms with Gasteiger partial charge in [0.25, 0.3) is 0 Å². The van der Waals surface area contributed by atoms with Gasteiger partial charge in [-0.05, 0) is 59.9 Å². The molecular weight excluding hydrogens is 314 g/mol. The first-order valence-electron chi connectivity index (χ1n) is 8.65. The molecule has 126 valence electrons. The van der Waals surface area contributed by atoms with Gasteiger partial charge < -0.3 is 0 Å². The summed E-state index contributed by atoms with van der Waals surface area (Å²) in [7, 11) is 0. The standard InChI is InChI=1S/C22H26ClN/c1-15-6-9-17(10-7-15)24-20(23)16-8-11-18-19(14-16)22(4,5)13-12-21(18,2)3/h6-11,14H,12-13H2,1-5H3. The average molecular weight is 340 g/mol. The van der Waals surface area contributed by atoms with E-state index in [1.807, 2.05) is 12.1 Å². The highest BCUT2D eigenvalue weighted by Crippen LogP contribution is 2.46. The van der Waals surface area contributed by atoms with Gasteiger partial charge in [-0.2, -0.15) is 0 Å². The van der Waals surface area contributed by atoms with E-state index in [0.29, 0.717) is 5.17 Å². The quantitative estimate of drug-likeness (QED) is 0.542. The second-order valence-corrected chi connectivity index (χ2v) is 8.62. The summed E-state index contributed by atoms with van der Waals surface area (Å²) in [5.74, 6) is 0. The van der Waals surface area contributed by atoms with Gasteiger partial charge in [0.15, 0.2) is 0 Å². The highest BCUT2D eigenvalue weighted by atomic mass is 35.5. The van der Waals surface area contributed by atoms with E-state index in [9.17, 15) is 0 Å². The van der Waals surface area contributed by atoms with Crippen molar-refractivity contribution in [1.82, 2.24) is 0 Å². The van der Waals surface area contributed by atoms with Crippen LogP contribution in [0.1, 0.15) is 62.8 Å². The van der Waals surface area contributed by atoms with Crippen molar-refractivity contribution in [3.63, 3.8) is 0 Å². The minimum absolute atomic E-state index is 0.182. The number of benzene rings is 2. The molecule has 0 aliphatic heterocycles. The topological polar surface area (TPSA) is 12.4 Å². The minimum Gasteiger partial charge on any atom is -0.236 e. The zero-order valence-corrected chi connectivity index (χ0v) is 16.0. The third-order valence-corrected chi connectivity index (χ3v) is 5.65. The Morgan fingerprint density at radius 1 is 0.875 bits per heavy atom. The lowest BCUT2D eigenvalue weighted by Gasteiger charge is -2.42. The van der Waals surface area contributed by atoms with Gasteiger partial charge in [-0.25, -0.2) is 4.99 Å². The summed E-state index contributed by atoms with van der Waals surface area (Å²) in [6, 6.07) is 14.7. The zero-order chi connectivity index (χ0) is 17.5. The number of aliphatic imine (C=N–C) groups is 1. The normalized spacial score (nSPS) is 19.0. The van der Waals surface area contributed by atoms with Crippen LogP contribution in [-0.4, -0.2) is 5.17 Å². The smallest absolute Gasteiger partial charge is 0.136 e. The molecule has 0 aromatic heterocycles. The van der Waals surface area contributed by atoms with E-state index >= 15 is 0 Å². The molecule has 0 radical (unpaired) electrons. The maximum atomic E-state index is 6.54. The molecule has 0 N–H and O–H groups in total. The lowest BCUT2D eigenvalue weighted by Crippen LogP contribution is -2.34. The number of hydrogen-bond donors (Lipinski definition) is 0. The van der Waals surface area contributed by atoms with Crippen molar-refractivity contribution in [2.45, 2.75) is 58.3 Å². The number of rotatable bonds is 2. The third-order valence-electron chi connectivity index (χ3n) is 5.35. The van der Waals surface area contributed by atoms with Gasteiger partial charge in [0.05, 0.1) is 5.69 Å². The van der Waals surface area contributed by atoms with Gasteiger partial charge >= 0.3 is 0 Å². The van der Waals surface area contributed by atoms with Gasteiger partial charge in [-0.1, -0.05) is 69.1 Å². The van der Waals surface area contributed by atoms with Crippen molar-refractivity contribution in [3.8, 4) is 0 Å². The number of hydrogen-bond acceptors (Lipinski definition) is 1. The molecule has 3 rings (SSSR count). The van der Waals surface area contributed by atoms with Crippen LogP contribution in [0.15, 0.2) is 47.5 Å². The van der Waals surface area contributed by atoms with Crippen LogP contribution in [0.2, 0.25) is 0 Å². The Balaban J connectivity index is 2.03. The summed E-state index contributed by atoms with van der Waals surface area (Å²) < 4.78 is 0. The summed E-state index contributed by atoms with van der Waals surface area (Å²) in [4.78, 5) is 4.59. The van der Waals surface area contributed by atoms with E-state index in [0.717, 1.165) is 11.3 Å². The Hall–Kier alpha value is -1.60. The third kappa shape index (κ3) is 3.28. The Bertz CT molecular complexity index is 782. The van der Waals surface area contributed by atoms with Gasteiger partial charge in [-0.3, -0.25) is 0 Å². The number of fused-ring (bicyclic) bond motifs is 1. The molecule has 0 atom stereocenters. The zero-order valence-electron chi connectivity index (χ0n) is 15.3. The lowest BCUT2D eigenvalue weighted by molar-refractivity contribution is 0.332. The SMILES string of the molecule is Cc1ccc(N=C(Cl)c2ccc3c(c2)C(C)(C)CCC3(C)C)cc1. The Morgan fingerprint density at radius 3 is 2.08 bits per heavy atom.